The number of rotatable bonds is 6. The van der Waals surface area contributed by atoms with Gasteiger partial charge in [-0.25, -0.2) is 16.8 Å². The van der Waals surface area contributed by atoms with Crippen LogP contribution in [0.1, 0.15) is 12.5 Å². The molecule has 166 valence electrons. The van der Waals surface area contributed by atoms with Crippen LogP contribution in [0.2, 0.25) is 0 Å². The van der Waals surface area contributed by atoms with Crippen LogP contribution in [0.15, 0.2) is 47.4 Å². The topological polar surface area (TPSA) is 128 Å². The fourth-order valence-corrected chi connectivity index (χ4v) is 8.43. The molecular weight excluding hydrogens is 444 g/mol. The minimum atomic E-state index is -3.92. The first kappa shape index (κ1) is 21.6. The van der Waals surface area contributed by atoms with E-state index in [4.69, 9.17) is 9.47 Å². The Bertz CT molecular complexity index is 1210. The molecule has 9 nitrogen and oxygen atoms in total. The lowest BCUT2D eigenvalue weighted by molar-refractivity contribution is -0.114. The van der Waals surface area contributed by atoms with Crippen LogP contribution in [0.4, 0.5) is 5.69 Å². The molecule has 4 rings (SSSR count). The Hall–Kier alpha value is -2.63. The second-order valence-corrected chi connectivity index (χ2v) is 11.9. The zero-order valence-electron chi connectivity index (χ0n) is 16.7. The Morgan fingerprint density at radius 2 is 1.77 bits per heavy atom. The molecule has 1 fully saturated rings. The zero-order chi connectivity index (χ0) is 22.2. The van der Waals surface area contributed by atoms with E-state index in [9.17, 15) is 21.6 Å². The second-order valence-electron chi connectivity index (χ2n) is 7.54. The average Bonchev–Trinajstić information content (AvgIpc) is 3.29. The summed E-state index contributed by atoms with van der Waals surface area (Å²) in [5, 5.41) is 4.55. The Labute approximate surface area is 180 Å². The number of sulfone groups is 2. The lowest BCUT2D eigenvalue weighted by atomic mass is 10.2. The van der Waals surface area contributed by atoms with Crippen LogP contribution < -0.4 is 20.1 Å². The van der Waals surface area contributed by atoms with E-state index in [-0.39, 0.29) is 29.9 Å². The van der Waals surface area contributed by atoms with Gasteiger partial charge in [0.05, 0.1) is 21.7 Å². The van der Waals surface area contributed by atoms with Gasteiger partial charge in [-0.15, -0.1) is 0 Å². The number of carbonyl (C=O) groups excluding carboxylic acids is 1. The van der Waals surface area contributed by atoms with Crippen LogP contribution in [0.5, 0.6) is 11.5 Å². The van der Waals surface area contributed by atoms with Crippen molar-refractivity contribution >= 4 is 31.3 Å². The normalized spacial score (nSPS) is 21.7. The van der Waals surface area contributed by atoms with Gasteiger partial charge in [-0.2, -0.15) is 0 Å². The fourth-order valence-electron chi connectivity index (χ4n) is 3.72. The third-order valence-corrected chi connectivity index (χ3v) is 9.37. The summed E-state index contributed by atoms with van der Waals surface area (Å²) >= 11 is 0. The van der Waals surface area contributed by atoms with E-state index in [0.29, 0.717) is 17.2 Å². The van der Waals surface area contributed by atoms with Crippen LogP contribution >= 0.6 is 0 Å². The van der Waals surface area contributed by atoms with Gasteiger partial charge in [0.25, 0.3) is 0 Å². The summed E-state index contributed by atoms with van der Waals surface area (Å²) in [6, 6.07) is 10.3. The van der Waals surface area contributed by atoms with Crippen LogP contribution in [0.25, 0.3) is 0 Å². The maximum atomic E-state index is 13.2. The van der Waals surface area contributed by atoms with Gasteiger partial charge in [0.1, 0.15) is 0 Å². The van der Waals surface area contributed by atoms with Crippen LogP contribution in [-0.2, 0) is 31.0 Å². The van der Waals surface area contributed by atoms with Crippen LogP contribution in [-0.4, -0.2) is 52.3 Å². The van der Waals surface area contributed by atoms with E-state index < -0.39 is 36.7 Å². The van der Waals surface area contributed by atoms with Crippen molar-refractivity contribution in [3.63, 3.8) is 0 Å². The maximum Gasteiger partial charge on any atom is 0.231 e. The van der Waals surface area contributed by atoms with Crippen LogP contribution in [0, 0.1) is 0 Å². The highest BCUT2D eigenvalue weighted by atomic mass is 32.2. The predicted octanol–water partition coefficient (Wildman–Crippen LogP) is 1.10. The molecule has 2 aliphatic heterocycles. The van der Waals surface area contributed by atoms with E-state index in [1.165, 1.54) is 31.2 Å². The SMILES string of the molecule is CC(=O)Nc1ccc(S(=O)(=O)[C@H]2CS(=O)(=O)C[C@@H]2NCc2ccc3c(c2)OCO3)cc1. The summed E-state index contributed by atoms with van der Waals surface area (Å²) in [4.78, 5) is 11.2. The third kappa shape index (κ3) is 4.68. The van der Waals surface area contributed by atoms with E-state index in [0.717, 1.165) is 5.56 Å². The fraction of sp³-hybridized carbons (Fsp3) is 0.350. The van der Waals surface area contributed by atoms with Gasteiger partial charge in [0.2, 0.25) is 12.7 Å². The molecule has 2 heterocycles. The van der Waals surface area contributed by atoms with Crippen molar-refractivity contribution in [2.75, 3.05) is 23.6 Å². The number of nitrogens with one attached hydrogen (secondary N) is 2. The molecule has 2 aromatic rings. The number of anilines is 1. The number of amides is 1. The monoisotopic (exact) mass is 466 g/mol. The van der Waals surface area contributed by atoms with E-state index in [2.05, 4.69) is 10.6 Å². The molecule has 0 aromatic heterocycles. The standard InChI is InChI=1S/C20H22N2O7S2/c1-13(23)22-15-3-5-16(6-4-15)31(26,27)20-11-30(24,25)10-17(20)21-9-14-2-7-18-19(8-14)29-12-28-18/h2-8,17,20-21H,9-12H2,1H3,(H,22,23)/t17-,20-/m0/s1. The van der Waals surface area contributed by atoms with Crippen molar-refractivity contribution in [3.05, 3.63) is 48.0 Å². The first-order chi connectivity index (χ1) is 14.6. The quantitative estimate of drug-likeness (QED) is 0.648. The highest BCUT2D eigenvalue weighted by Crippen LogP contribution is 2.33. The molecule has 31 heavy (non-hydrogen) atoms. The average molecular weight is 467 g/mol. The van der Waals surface area contributed by atoms with Gasteiger partial charge in [-0.05, 0) is 42.0 Å². The molecule has 1 saturated heterocycles. The third-order valence-electron chi connectivity index (χ3n) is 5.21. The minimum absolute atomic E-state index is 0.0126. The summed E-state index contributed by atoms with van der Waals surface area (Å²) in [6.07, 6.45) is 0. The van der Waals surface area contributed by atoms with E-state index >= 15 is 0 Å². The molecule has 2 aliphatic rings. The summed E-state index contributed by atoms with van der Waals surface area (Å²) in [7, 11) is -7.43. The van der Waals surface area contributed by atoms with Crippen LogP contribution in [0.3, 0.4) is 0 Å². The highest BCUT2D eigenvalue weighted by molar-refractivity contribution is 7.96. The van der Waals surface area contributed by atoms with E-state index in [1.54, 1.807) is 12.1 Å². The molecule has 0 bridgehead atoms. The summed E-state index contributed by atoms with van der Waals surface area (Å²) in [5.74, 6) is 0.259. The smallest absolute Gasteiger partial charge is 0.231 e. The summed E-state index contributed by atoms with van der Waals surface area (Å²) < 4.78 is 61.6. The van der Waals surface area contributed by atoms with Crippen molar-refractivity contribution in [2.24, 2.45) is 0 Å². The van der Waals surface area contributed by atoms with Gasteiger partial charge in [-0.1, -0.05) is 6.07 Å². The second kappa shape index (κ2) is 8.13. The number of carbonyl (C=O) groups is 1. The lowest BCUT2D eigenvalue weighted by Gasteiger charge is -2.20. The molecule has 1 amide bonds. The number of fused-ring (bicyclic) bond motifs is 1. The largest absolute Gasteiger partial charge is 0.454 e. The molecule has 0 radical (unpaired) electrons. The van der Waals surface area contributed by atoms with Gasteiger partial charge in [0.15, 0.2) is 31.2 Å². The molecule has 0 aliphatic carbocycles. The Balaban J connectivity index is 1.53. The molecule has 2 N–H and O–H groups in total. The Morgan fingerprint density at radius 3 is 2.48 bits per heavy atom. The highest BCUT2D eigenvalue weighted by Gasteiger charge is 2.45. The van der Waals surface area contributed by atoms with Gasteiger partial charge < -0.3 is 20.1 Å². The maximum absolute atomic E-state index is 13.2. The molecule has 0 saturated carbocycles. The lowest BCUT2D eigenvalue weighted by Crippen LogP contribution is -2.43. The molecular formula is C20H22N2O7S2. The number of hydrogen-bond donors (Lipinski definition) is 2. The van der Waals surface area contributed by atoms with Crippen molar-refractivity contribution in [3.8, 4) is 11.5 Å². The van der Waals surface area contributed by atoms with Crippen molar-refractivity contribution < 1.29 is 31.1 Å². The van der Waals surface area contributed by atoms with Crippen molar-refractivity contribution in [1.82, 2.24) is 5.32 Å². The van der Waals surface area contributed by atoms with Crippen molar-refractivity contribution in [2.45, 2.75) is 29.7 Å². The number of hydrogen-bond acceptors (Lipinski definition) is 8. The number of ether oxygens (including phenoxy) is 2. The van der Waals surface area contributed by atoms with Crippen molar-refractivity contribution in [1.29, 1.82) is 0 Å². The molecule has 0 spiro atoms. The molecule has 11 heteroatoms. The number of benzene rings is 2. The zero-order valence-corrected chi connectivity index (χ0v) is 18.3. The van der Waals surface area contributed by atoms with E-state index in [1.807, 2.05) is 6.07 Å². The predicted molar refractivity (Wildman–Crippen MR) is 114 cm³/mol. The molecule has 2 atom stereocenters. The van der Waals surface area contributed by atoms with Gasteiger partial charge in [0, 0.05) is 25.2 Å². The summed E-state index contributed by atoms with van der Waals surface area (Å²) in [5.41, 5.74) is 1.28. The first-order valence-corrected chi connectivity index (χ1v) is 12.9. The molecule has 0 unspecified atom stereocenters. The Morgan fingerprint density at radius 1 is 1.06 bits per heavy atom. The first-order valence-electron chi connectivity index (χ1n) is 9.58. The summed E-state index contributed by atoms with van der Waals surface area (Å²) in [6.45, 7) is 1.78. The van der Waals surface area contributed by atoms with Gasteiger partial charge in [-0.3, -0.25) is 4.79 Å². The Kier molecular flexibility index (Phi) is 5.67. The van der Waals surface area contributed by atoms with Gasteiger partial charge >= 0.3 is 0 Å². The molecule has 2 aromatic carbocycles. The minimum Gasteiger partial charge on any atom is -0.454 e.